The van der Waals surface area contributed by atoms with Crippen LogP contribution in [-0.4, -0.2) is 38.2 Å². The van der Waals surface area contributed by atoms with Crippen LogP contribution in [0.2, 0.25) is 0 Å². The van der Waals surface area contributed by atoms with Crippen LogP contribution in [0.15, 0.2) is 83.9 Å². The van der Waals surface area contributed by atoms with Gasteiger partial charge in [-0.05, 0) is 61.5 Å². The van der Waals surface area contributed by atoms with E-state index in [1.165, 1.54) is 25.4 Å². The van der Waals surface area contributed by atoms with E-state index in [4.69, 9.17) is 4.74 Å². The molecule has 4 rings (SSSR count). The van der Waals surface area contributed by atoms with Crippen LogP contribution in [0.3, 0.4) is 0 Å². The Labute approximate surface area is 209 Å². The Morgan fingerprint density at radius 2 is 1.72 bits per heavy atom. The highest BCUT2D eigenvalue weighted by Gasteiger charge is 2.29. The maximum Gasteiger partial charge on any atom is 0.278 e. The largest absolute Gasteiger partial charge is 0.497 e. The number of carbonyl (C=O) groups is 1. The molecule has 9 heteroatoms. The van der Waals surface area contributed by atoms with Crippen LogP contribution >= 0.6 is 0 Å². The summed E-state index contributed by atoms with van der Waals surface area (Å²) in [5.74, 6) is 5.77. The lowest BCUT2D eigenvalue weighted by molar-refractivity contribution is 0.0707. The third kappa shape index (κ3) is 4.86. The predicted molar refractivity (Wildman–Crippen MR) is 137 cm³/mol. The number of anilines is 1. The third-order valence-electron chi connectivity index (χ3n) is 5.49. The zero-order valence-electron chi connectivity index (χ0n) is 19.6. The zero-order chi connectivity index (χ0) is 25.7. The average Bonchev–Trinajstić information content (AvgIpc) is 2.92. The molecule has 0 aliphatic carbocycles. The topological polar surface area (TPSA) is 109 Å². The first-order valence-corrected chi connectivity index (χ1v) is 12.4. The smallest absolute Gasteiger partial charge is 0.278 e. The Bertz CT molecular complexity index is 1580. The van der Waals surface area contributed by atoms with Gasteiger partial charge in [0.2, 0.25) is 0 Å². The number of aromatic nitrogens is 1. The van der Waals surface area contributed by atoms with Gasteiger partial charge in [0, 0.05) is 29.3 Å². The molecule has 0 atom stereocenters. The summed E-state index contributed by atoms with van der Waals surface area (Å²) in [5, 5.41) is 9.75. The molecule has 8 nitrogen and oxygen atoms in total. The highest BCUT2D eigenvalue weighted by atomic mass is 32.2. The summed E-state index contributed by atoms with van der Waals surface area (Å²) in [7, 11) is -2.61. The molecule has 0 aliphatic rings. The van der Waals surface area contributed by atoms with Crippen LogP contribution in [0, 0.1) is 11.8 Å². The van der Waals surface area contributed by atoms with Crippen LogP contribution in [0.1, 0.15) is 28.4 Å². The maximum absolute atomic E-state index is 13.7. The second-order valence-electron chi connectivity index (χ2n) is 7.65. The summed E-state index contributed by atoms with van der Waals surface area (Å²) in [5.41, 5.74) is 3.47. The number of benzene rings is 3. The molecule has 36 heavy (non-hydrogen) atoms. The first kappa shape index (κ1) is 24.7. The fourth-order valence-electron chi connectivity index (χ4n) is 3.74. The van der Waals surface area contributed by atoms with Crippen molar-refractivity contribution >= 4 is 32.5 Å². The molecule has 0 fully saturated rings. The monoisotopic (exact) mass is 501 g/mol. The fraction of sp³-hybridized carbons (Fsp3) is 0.111. The first-order chi connectivity index (χ1) is 17.4. The Balaban J connectivity index is 1.92. The van der Waals surface area contributed by atoms with Crippen LogP contribution < -0.4 is 14.5 Å². The molecule has 1 heterocycles. The molecule has 1 aromatic heterocycles. The van der Waals surface area contributed by atoms with Gasteiger partial charge in [-0.2, -0.15) is 0 Å². The molecule has 4 aromatic rings. The Hall–Kier alpha value is -4.39. The van der Waals surface area contributed by atoms with Crippen molar-refractivity contribution in [2.24, 2.45) is 0 Å². The number of amides is 1. The van der Waals surface area contributed by atoms with E-state index in [-0.39, 0.29) is 22.7 Å². The van der Waals surface area contributed by atoms with Gasteiger partial charge in [-0.3, -0.25) is 19.3 Å². The number of nitrogens with one attached hydrogen (secondary N) is 1. The number of sulfonamides is 1. The van der Waals surface area contributed by atoms with Crippen molar-refractivity contribution in [2.75, 3.05) is 18.0 Å². The first-order valence-electron chi connectivity index (χ1n) is 11.0. The van der Waals surface area contributed by atoms with Crippen molar-refractivity contribution in [1.82, 2.24) is 10.5 Å². The number of ether oxygens (including phenoxy) is 1. The molecule has 0 saturated carbocycles. The van der Waals surface area contributed by atoms with Gasteiger partial charge in [0.05, 0.1) is 28.8 Å². The molecule has 0 spiro atoms. The summed E-state index contributed by atoms with van der Waals surface area (Å²) in [6.07, 6.45) is 1.24. The Morgan fingerprint density at radius 3 is 2.36 bits per heavy atom. The standard InChI is InChI=1S/C27H23N3O5S/c1-3-30(36(33,34)22-14-12-21(35-2)13-15-22)26-23-17-20(10-9-19-7-5-4-6-8-19)11-16-25(23)28-18-24(26)27(31)29-32/h4-8,11-18,32H,3H2,1-2H3,(H,29,31). The van der Waals surface area contributed by atoms with Gasteiger partial charge in [0.1, 0.15) is 5.75 Å². The predicted octanol–water partition coefficient (Wildman–Crippen LogP) is 3.98. The second-order valence-corrected chi connectivity index (χ2v) is 9.52. The van der Waals surface area contributed by atoms with Crippen molar-refractivity contribution in [1.29, 1.82) is 0 Å². The number of pyridine rings is 1. The summed E-state index contributed by atoms with van der Waals surface area (Å²) in [6.45, 7) is 1.67. The van der Waals surface area contributed by atoms with Gasteiger partial charge in [-0.1, -0.05) is 30.0 Å². The number of rotatable bonds is 6. The van der Waals surface area contributed by atoms with Gasteiger partial charge < -0.3 is 4.74 Å². The van der Waals surface area contributed by atoms with E-state index in [2.05, 4.69) is 16.8 Å². The molecule has 0 unspecified atom stereocenters. The van der Waals surface area contributed by atoms with Gasteiger partial charge in [-0.25, -0.2) is 13.9 Å². The lowest BCUT2D eigenvalue weighted by atomic mass is 10.1. The van der Waals surface area contributed by atoms with Crippen LogP contribution in [0.5, 0.6) is 5.75 Å². The SMILES string of the molecule is CCN(c1c(C(=O)NO)cnc2ccc(C#Cc3ccccc3)cc12)S(=O)(=O)c1ccc(OC)cc1. The van der Waals surface area contributed by atoms with Crippen molar-refractivity contribution in [3.05, 3.63) is 95.7 Å². The number of carbonyl (C=O) groups excluding carboxylic acids is 1. The fourth-order valence-corrected chi connectivity index (χ4v) is 5.25. The molecule has 0 radical (unpaired) electrons. The molecular formula is C27H23N3O5S. The number of hydrogen-bond acceptors (Lipinski definition) is 6. The van der Waals surface area contributed by atoms with E-state index in [0.29, 0.717) is 22.2 Å². The van der Waals surface area contributed by atoms with E-state index < -0.39 is 15.9 Å². The number of methoxy groups -OCH3 is 1. The minimum Gasteiger partial charge on any atom is -0.497 e. The van der Waals surface area contributed by atoms with E-state index in [1.54, 1.807) is 42.7 Å². The highest BCUT2D eigenvalue weighted by Crippen LogP contribution is 2.34. The molecule has 0 bridgehead atoms. The van der Waals surface area contributed by atoms with E-state index in [0.717, 1.165) is 9.87 Å². The van der Waals surface area contributed by atoms with E-state index in [9.17, 15) is 18.4 Å². The van der Waals surface area contributed by atoms with Crippen molar-refractivity contribution in [3.8, 4) is 17.6 Å². The molecular weight excluding hydrogens is 478 g/mol. The zero-order valence-corrected chi connectivity index (χ0v) is 20.4. The van der Waals surface area contributed by atoms with Crippen molar-refractivity contribution < 1.29 is 23.2 Å². The van der Waals surface area contributed by atoms with E-state index >= 15 is 0 Å². The van der Waals surface area contributed by atoms with Crippen molar-refractivity contribution in [3.63, 3.8) is 0 Å². The molecule has 0 saturated heterocycles. The van der Waals surface area contributed by atoms with Gasteiger partial charge in [0.25, 0.3) is 15.9 Å². The minimum atomic E-state index is -4.10. The third-order valence-corrected chi connectivity index (χ3v) is 7.38. The number of hydroxylamine groups is 1. The maximum atomic E-state index is 13.7. The van der Waals surface area contributed by atoms with Gasteiger partial charge in [0.15, 0.2) is 0 Å². The van der Waals surface area contributed by atoms with Crippen LogP contribution in [-0.2, 0) is 10.0 Å². The van der Waals surface area contributed by atoms with Crippen LogP contribution in [0.4, 0.5) is 5.69 Å². The summed E-state index contributed by atoms with van der Waals surface area (Å²) in [4.78, 5) is 16.9. The molecule has 2 N–H and O–H groups in total. The molecule has 182 valence electrons. The number of fused-ring (bicyclic) bond motifs is 1. The normalized spacial score (nSPS) is 10.9. The number of hydrogen-bond donors (Lipinski definition) is 2. The summed E-state index contributed by atoms with van der Waals surface area (Å²) in [6, 6.07) is 20.6. The van der Waals surface area contributed by atoms with Gasteiger partial charge in [-0.15, -0.1) is 0 Å². The van der Waals surface area contributed by atoms with Gasteiger partial charge >= 0.3 is 0 Å². The second kappa shape index (κ2) is 10.5. The van der Waals surface area contributed by atoms with E-state index in [1.807, 2.05) is 30.3 Å². The summed E-state index contributed by atoms with van der Waals surface area (Å²) < 4.78 is 33.7. The molecule has 0 aliphatic heterocycles. The average molecular weight is 502 g/mol. The minimum absolute atomic E-state index is 0.0130. The highest BCUT2D eigenvalue weighted by molar-refractivity contribution is 7.92. The summed E-state index contributed by atoms with van der Waals surface area (Å²) >= 11 is 0. The number of nitrogens with zero attached hydrogens (tertiary/aromatic N) is 2. The quantitative estimate of drug-likeness (QED) is 0.235. The lowest BCUT2D eigenvalue weighted by Crippen LogP contribution is -2.33. The van der Waals surface area contributed by atoms with Crippen molar-refractivity contribution in [2.45, 2.75) is 11.8 Å². The lowest BCUT2D eigenvalue weighted by Gasteiger charge is -2.26. The Kier molecular flexibility index (Phi) is 7.20. The Morgan fingerprint density at radius 1 is 1.03 bits per heavy atom. The molecule has 1 amide bonds. The van der Waals surface area contributed by atoms with Crippen LogP contribution in [0.25, 0.3) is 10.9 Å². The molecule has 3 aromatic carbocycles.